The van der Waals surface area contributed by atoms with Crippen LogP contribution in [0.15, 0.2) is 36.4 Å². The number of hydrogen-bond acceptors (Lipinski definition) is 3. The topological polar surface area (TPSA) is 41.5 Å². The fraction of sp³-hybridized carbons (Fsp3) is 0.143. The number of alkyl halides is 2. The summed E-state index contributed by atoms with van der Waals surface area (Å²) < 4.78 is 54.5. The van der Waals surface area contributed by atoms with E-state index >= 15 is 0 Å². The molecule has 0 amide bonds. The van der Waals surface area contributed by atoms with Crippen molar-refractivity contribution in [2.75, 3.05) is 5.32 Å². The minimum absolute atomic E-state index is 0.0398. The van der Waals surface area contributed by atoms with Gasteiger partial charge in [0, 0.05) is 23.9 Å². The molecule has 0 aliphatic heterocycles. The van der Waals surface area contributed by atoms with E-state index in [1.165, 1.54) is 18.2 Å². The Hall–Kier alpha value is -2.44. The number of rotatable bonds is 5. The molecule has 2 N–H and O–H groups in total. The zero-order valence-corrected chi connectivity index (χ0v) is 10.6. The summed E-state index contributed by atoms with van der Waals surface area (Å²) in [5, 5.41) is 12.2. The van der Waals surface area contributed by atoms with Crippen LogP contribution in [0.2, 0.25) is 0 Å². The van der Waals surface area contributed by atoms with Crippen molar-refractivity contribution in [2.24, 2.45) is 0 Å². The zero-order chi connectivity index (χ0) is 15.4. The van der Waals surface area contributed by atoms with Crippen LogP contribution in [0.1, 0.15) is 5.56 Å². The van der Waals surface area contributed by atoms with E-state index in [0.717, 1.165) is 18.2 Å². The smallest absolute Gasteiger partial charge is 0.387 e. The van der Waals surface area contributed by atoms with Gasteiger partial charge in [-0.15, -0.1) is 0 Å². The third-order valence-electron chi connectivity index (χ3n) is 2.70. The highest BCUT2D eigenvalue weighted by atomic mass is 19.3. The number of aromatic hydroxyl groups is 1. The molecule has 112 valence electrons. The maximum absolute atomic E-state index is 13.5. The average molecular weight is 301 g/mol. The number of ether oxygens (including phenoxy) is 1. The quantitative estimate of drug-likeness (QED) is 0.823. The lowest BCUT2D eigenvalue weighted by atomic mass is 10.2. The maximum atomic E-state index is 13.5. The van der Waals surface area contributed by atoms with Crippen LogP contribution in [-0.2, 0) is 6.54 Å². The summed E-state index contributed by atoms with van der Waals surface area (Å²) in [4.78, 5) is 0. The van der Waals surface area contributed by atoms with E-state index in [1.807, 2.05) is 0 Å². The molecule has 0 saturated heterocycles. The Morgan fingerprint density at radius 2 is 1.86 bits per heavy atom. The van der Waals surface area contributed by atoms with Gasteiger partial charge in [-0.25, -0.2) is 8.78 Å². The summed E-state index contributed by atoms with van der Waals surface area (Å²) in [5.74, 6) is -2.78. The summed E-state index contributed by atoms with van der Waals surface area (Å²) in [5.41, 5.74) is 0.557. The third-order valence-corrected chi connectivity index (χ3v) is 2.70. The minimum atomic E-state index is -3.11. The molecule has 0 bridgehead atoms. The lowest BCUT2D eigenvalue weighted by Gasteiger charge is -2.10. The molecule has 0 unspecified atom stereocenters. The Morgan fingerprint density at radius 3 is 2.52 bits per heavy atom. The number of nitrogens with one attached hydrogen (secondary N) is 1. The first kappa shape index (κ1) is 15.0. The largest absolute Gasteiger partial charge is 0.505 e. The molecule has 2 aromatic rings. The number of halogens is 4. The molecule has 0 atom stereocenters. The van der Waals surface area contributed by atoms with Crippen molar-refractivity contribution >= 4 is 5.69 Å². The molecule has 2 aromatic carbocycles. The molecule has 0 saturated carbocycles. The molecule has 0 aromatic heterocycles. The van der Waals surface area contributed by atoms with Gasteiger partial charge in [0.1, 0.15) is 0 Å². The second-order valence-corrected chi connectivity index (χ2v) is 4.12. The number of phenols is 1. The van der Waals surface area contributed by atoms with Crippen LogP contribution in [-0.4, -0.2) is 11.7 Å². The van der Waals surface area contributed by atoms with Crippen LogP contribution in [0, 0.1) is 11.6 Å². The van der Waals surface area contributed by atoms with E-state index in [1.54, 1.807) is 0 Å². The van der Waals surface area contributed by atoms with Gasteiger partial charge in [0.2, 0.25) is 0 Å². The van der Waals surface area contributed by atoms with Crippen LogP contribution in [0.25, 0.3) is 0 Å². The lowest BCUT2D eigenvalue weighted by molar-refractivity contribution is -0.0521. The molecule has 0 radical (unpaired) electrons. The van der Waals surface area contributed by atoms with E-state index in [4.69, 9.17) is 0 Å². The van der Waals surface area contributed by atoms with Gasteiger partial charge < -0.3 is 15.2 Å². The molecule has 0 spiro atoms. The summed E-state index contributed by atoms with van der Waals surface area (Å²) in [7, 11) is 0. The van der Waals surface area contributed by atoms with Crippen molar-refractivity contribution in [2.45, 2.75) is 13.2 Å². The van der Waals surface area contributed by atoms with Crippen molar-refractivity contribution < 1.29 is 27.4 Å². The maximum Gasteiger partial charge on any atom is 0.387 e. The minimum Gasteiger partial charge on any atom is -0.505 e. The highest BCUT2D eigenvalue weighted by Crippen LogP contribution is 2.25. The van der Waals surface area contributed by atoms with Crippen molar-refractivity contribution in [1.29, 1.82) is 0 Å². The van der Waals surface area contributed by atoms with Gasteiger partial charge in [-0.1, -0.05) is 12.1 Å². The van der Waals surface area contributed by atoms with Crippen LogP contribution < -0.4 is 10.1 Å². The van der Waals surface area contributed by atoms with Gasteiger partial charge >= 0.3 is 6.61 Å². The van der Waals surface area contributed by atoms with Crippen LogP contribution in [0.5, 0.6) is 11.5 Å². The summed E-state index contributed by atoms with van der Waals surface area (Å²) in [6.07, 6.45) is 0. The molecule has 2 rings (SSSR count). The number of phenolic OH excluding ortho intramolecular Hbond substituents is 1. The lowest BCUT2D eigenvalue weighted by Crippen LogP contribution is -2.05. The van der Waals surface area contributed by atoms with E-state index in [-0.39, 0.29) is 17.8 Å². The Morgan fingerprint density at radius 1 is 1.10 bits per heavy atom. The molecule has 0 heterocycles. The Kier molecular flexibility index (Phi) is 4.52. The second kappa shape index (κ2) is 6.34. The standard InChI is InChI=1S/C14H11F4NO2/c15-10-3-1-2-8(13(10)20)7-19-9-4-5-12(11(16)6-9)21-14(17)18/h1-6,14,19-20H,7H2. The molecular formula is C14H11F4NO2. The number of para-hydroxylation sites is 1. The first-order valence-corrected chi connectivity index (χ1v) is 5.92. The van der Waals surface area contributed by atoms with Crippen LogP contribution in [0.3, 0.4) is 0 Å². The summed E-state index contributed by atoms with van der Waals surface area (Å²) in [6.45, 7) is -3.07. The van der Waals surface area contributed by atoms with Crippen molar-refractivity contribution in [1.82, 2.24) is 0 Å². The third kappa shape index (κ3) is 3.77. The predicted molar refractivity (Wildman–Crippen MR) is 68.4 cm³/mol. The van der Waals surface area contributed by atoms with Gasteiger partial charge in [-0.3, -0.25) is 0 Å². The van der Waals surface area contributed by atoms with Gasteiger partial charge in [-0.2, -0.15) is 8.78 Å². The molecule has 21 heavy (non-hydrogen) atoms. The van der Waals surface area contributed by atoms with E-state index < -0.39 is 29.7 Å². The van der Waals surface area contributed by atoms with Gasteiger partial charge in [-0.05, 0) is 18.2 Å². The van der Waals surface area contributed by atoms with Gasteiger partial charge in [0.25, 0.3) is 0 Å². The van der Waals surface area contributed by atoms with Crippen LogP contribution >= 0.6 is 0 Å². The fourth-order valence-corrected chi connectivity index (χ4v) is 1.70. The number of hydrogen-bond donors (Lipinski definition) is 2. The van der Waals surface area contributed by atoms with Gasteiger partial charge in [0.15, 0.2) is 23.1 Å². The second-order valence-electron chi connectivity index (χ2n) is 4.12. The molecule has 0 fully saturated rings. The molecule has 7 heteroatoms. The Balaban J connectivity index is 2.07. The average Bonchev–Trinajstić information content (AvgIpc) is 2.43. The fourth-order valence-electron chi connectivity index (χ4n) is 1.70. The van der Waals surface area contributed by atoms with E-state index in [9.17, 15) is 22.7 Å². The SMILES string of the molecule is Oc1c(F)cccc1CNc1ccc(OC(F)F)c(F)c1. The molecule has 0 aliphatic carbocycles. The first-order valence-electron chi connectivity index (χ1n) is 5.92. The highest BCUT2D eigenvalue weighted by molar-refractivity contribution is 5.48. The number of anilines is 1. The first-order chi connectivity index (χ1) is 9.97. The summed E-state index contributed by atoms with van der Waals surface area (Å²) >= 11 is 0. The summed E-state index contributed by atoms with van der Waals surface area (Å²) in [6, 6.07) is 7.37. The predicted octanol–water partition coefficient (Wildman–Crippen LogP) is 3.88. The monoisotopic (exact) mass is 301 g/mol. The highest BCUT2D eigenvalue weighted by Gasteiger charge is 2.11. The van der Waals surface area contributed by atoms with Gasteiger partial charge in [0.05, 0.1) is 0 Å². The Bertz CT molecular complexity index is 634. The number of benzene rings is 2. The van der Waals surface area contributed by atoms with Crippen molar-refractivity contribution in [3.63, 3.8) is 0 Å². The normalized spacial score (nSPS) is 10.7. The van der Waals surface area contributed by atoms with Crippen LogP contribution in [0.4, 0.5) is 23.2 Å². The Labute approximate surface area is 117 Å². The molecule has 0 aliphatic rings. The van der Waals surface area contributed by atoms with E-state index in [2.05, 4.69) is 10.1 Å². The molecular weight excluding hydrogens is 290 g/mol. The van der Waals surface area contributed by atoms with E-state index in [0.29, 0.717) is 0 Å². The zero-order valence-electron chi connectivity index (χ0n) is 10.6. The molecule has 3 nitrogen and oxygen atoms in total. The van der Waals surface area contributed by atoms with Crippen molar-refractivity contribution in [3.8, 4) is 11.5 Å². The van der Waals surface area contributed by atoms with Crippen molar-refractivity contribution in [3.05, 3.63) is 53.6 Å².